The molecule has 2 aromatic rings. The van der Waals surface area contributed by atoms with Crippen LogP contribution in [0.1, 0.15) is 27.6 Å². The Morgan fingerprint density at radius 3 is 3.04 bits per heavy atom. The number of hydrogen-bond donors (Lipinski definition) is 1. The summed E-state index contributed by atoms with van der Waals surface area (Å²) >= 11 is 0. The highest BCUT2D eigenvalue weighted by Crippen LogP contribution is 2.23. The highest BCUT2D eigenvalue weighted by Gasteiger charge is 2.27. The molecule has 0 aliphatic carbocycles. The van der Waals surface area contributed by atoms with Crippen molar-refractivity contribution in [3.05, 3.63) is 35.2 Å². The summed E-state index contributed by atoms with van der Waals surface area (Å²) in [6.07, 6.45) is 4.52. The van der Waals surface area contributed by atoms with Crippen LogP contribution in [0.25, 0.3) is 0 Å². The normalized spacial score (nSPS) is 14.9. The topological polar surface area (TPSA) is 85.4 Å². The Morgan fingerprint density at radius 2 is 2.30 bits per heavy atom. The van der Waals surface area contributed by atoms with Crippen LogP contribution in [-0.4, -0.2) is 55.6 Å². The van der Waals surface area contributed by atoms with E-state index in [9.17, 15) is 9.90 Å². The molecule has 8 nitrogen and oxygen atoms in total. The summed E-state index contributed by atoms with van der Waals surface area (Å²) in [5.41, 5.74) is 2.00. The number of aromatic nitrogens is 4. The van der Waals surface area contributed by atoms with Gasteiger partial charge in [0.1, 0.15) is 5.82 Å². The zero-order valence-corrected chi connectivity index (χ0v) is 13.4. The van der Waals surface area contributed by atoms with E-state index in [2.05, 4.69) is 19.5 Å². The van der Waals surface area contributed by atoms with Crippen LogP contribution in [0.5, 0.6) is 0 Å². The third-order valence-corrected chi connectivity index (χ3v) is 4.23. The lowest BCUT2D eigenvalue weighted by Crippen LogP contribution is -2.32. The maximum atomic E-state index is 11.4. The zero-order chi connectivity index (χ0) is 16.4. The van der Waals surface area contributed by atoms with Crippen LogP contribution >= 0.6 is 0 Å². The number of ether oxygens (including phenoxy) is 1. The van der Waals surface area contributed by atoms with Gasteiger partial charge in [-0.15, -0.1) is 0 Å². The molecule has 0 amide bonds. The van der Waals surface area contributed by atoms with Gasteiger partial charge in [-0.1, -0.05) is 0 Å². The van der Waals surface area contributed by atoms with Gasteiger partial charge < -0.3 is 14.4 Å². The molecular weight excluding hydrogens is 298 g/mol. The molecule has 3 heterocycles. The molecule has 2 aromatic heterocycles. The molecule has 0 aromatic carbocycles. The summed E-state index contributed by atoms with van der Waals surface area (Å²) in [4.78, 5) is 18.0. The number of carbonyl (C=O) groups is 1. The highest BCUT2D eigenvalue weighted by atomic mass is 16.5. The summed E-state index contributed by atoms with van der Waals surface area (Å²) in [7, 11) is 3.48. The molecule has 1 aliphatic rings. The van der Waals surface area contributed by atoms with E-state index in [1.165, 1.54) is 0 Å². The second-order valence-corrected chi connectivity index (χ2v) is 5.69. The standard InChI is InChI=1S/C15H21N5O3/c1-18-12-3-5-19(9-11(12)14(17-18)15(21)22)10-13-16-4-6-20(13)7-8-23-2/h4,6H,3,5,7-10H2,1-2H3,(H,21,22). The number of carboxylic acids is 1. The molecular formula is C15H21N5O3. The smallest absolute Gasteiger partial charge is 0.356 e. The lowest BCUT2D eigenvalue weighted by molar-refractivity contribution is 0.0687. The van der Waals surface area contributed by atoms with Crippen LogP contribution in [-0.2, 0) is 37.8 Å². The third kappa shape index (κ3) is 3.13. The molecule has 0 fully saturated rings. The molecule has 0 atom stereocenters. The van der Waals surface area contributed by atoms with E-state index >= 15 is 0 Å². The van der Waals surface area contributed by atoms with E-state index in [1.807, 2.05) is 6.20 Å². The van der Waals surface area contributed by atoms with Crippen molar-refractivity contribution in [3.63, 3.8) is 0 Å². The molecule has 0 unspecified atom stereocenters. The molecule has 8 heteroatoms. The largest absolute Gasteiger partial charge is 0.476 e. The minimum atomic E-state index is -0.967. The quantitative estimate of drug-likeness (QED) is 0.835. The van der Waals surface area contributed by atoms with E-state index in [4.69, 9.17) is 4.74 Å². The van der Waals surface area contributed by atoms with Crippen molar-refractivity contribution in [2.75, 3.05) is 20.3 Å². The number of carboxylic acid groups (broad SMARTS) is 1. The van der Waals surface area contributed by atoms with Crippen molar-refractivity contribution in [2.24, 2.45) is 7.05 Å². The van der Waals surface area contributed by atoms with E-state index < -0.39 is 5.97 Å². The van der Waals surface area contributed by atoms with Gasteiger partial charge >= 0.3 is 5.97 Å². The summed E-state index contributed by atoms with van der Waals surface area (Å²) in [6, 6.07) is 0. The van der Waals surface area contributed by atoms with Gasteiger partial charge in [0, 0.05) is 63.9 Å². The first-order valence-corrected chi connectivity index (χ1v) is 7.59. The second-order valence-electron chi connectivity index (χ2n) is 5.69. The van der Waals surface area contributed by atoms with E-state index in [1.54, 1.807) is 25.0 Å². The Morgan fingerprint density at radius 1 is 1.48 bits per heavy atom. The van der Waals surface area contributed by atoms with Gasteiger partial charge in [0.25, 0.3) is 0 Å². The monoisotopic (exact) mass is 319 g/mol. The second kappa shape index (κ2) is 6.51. The molecule has 0 spiro atoms. The lowest BCUT2D eigenvalue weighted by atomic mass is 10.1. The fourth-order valence-electron chi connectivity index (χ4n) is 3.04. The Balaban J connectivity index is 1.75. The van der Waals surface area contributed by atoms with Crippen LogP contribution in [0.3, 0.4) is 0 Å². The summed E-state index contributed by atoms with van der Waals surface area (Å²) in [5, 5.41) is 13.4. The number of imidazole rings is 1. The summed E-state index contributed by atoms with van der Waals surface area (Å²) in [5.74, 6) is -0.00319. The third-order valence-electron chi connectivity index (χ3n) is 4.23. The molecule has 23 heavy (non-hydrogen) atoms. The Kier molecular flexibility index (Phi) is 4.44. The number of hydrogen-bond acceptors (Lipinski definition) is 5. The SMILES string of the molecule is COCCn1ccnc1CN1CCc2c(c(C(=O)O)nn2C)C1. The van der Waals surface area contributed by atoms with Crippen molar-refractivity contribution in [1.82, 2.24) is 24.2 Å². The molecule has 0 radical (unpaired) electrons. The lowest BCUT2D eigenvalue weighted by Gasteiger charge is -2.27. The highest BCUT2D eigenvalue weighted by molar-refractivity contribution is 5.87. The van der Waals surface area contributed by atoms with Gasteiger partial charge in [-0.05, 0) is 0 Å². The molecule has 3 rings (SSSR count). The minimum Gasteiger partial charge on any atom is -0.476 e. The summed E-state index contributed by atoms with van der Waals surface area (Å²) in [6.45, 7) is 3.53. The molecule has 0 saturated heterocycles. The van der Waals surface area contributed by atoms with Crippen molar-refractivity contribution in [3.8, 4) is 0 Å². The Labute approximate surface area is 134 Å². The van der Waals surface area contributed by atoms with E-state index in [0.717, 1.165) is 36.6 Å². The van der Waals surface area contributed by atoms with Gasteiger partial charge in [0.2, 0.25) is 0 Å². The predicted octanol–water partition coefficient (Wildman–Crippen LogP) is 0.519. The van der Waals surface area contributed by atoms with Gasteiger partial charge in [-0.3, -0.25) is 9.58 Å². The molecule has 0 saturated carbocycles. The fourth-order valence-corrected chi connectivity index (χ4v) is 3.04. The molecule has 0 bridgehead atoms. The number of aromatic carboxylic acids is 1. The first-order chi connectivity index (χ1) is 11.1. The van der Waals surface area contributed by atoms with E-state index in [0.29, 0.717) is 19.7 Å². The van der Waals surface area contributed by atoms with Gasteiger partial charge in [0.15, 0.2) is 5.69 Å². The molecule has 1 aliphatic heterocycles. The number of methoxy groups -OCH3 is 1. The first-order valence-electron chi connectivity index (χ1n) is 7.59. The van der Waals surface area contributed by atoms with Crippen LogP contribution in [0.2, 0.25) is 0 Å². The molecule has 1 N–H and O–H groups in total. The number of fused-ring (bicyclic) bond motifs is 1. The number of rotatable bonds is 6. The Bertz CT molecular complexity index is 706. The average Bonchev–Trinajstić information content (AvgIpc) is 3.10. The minimum absolute atomic E-state index is 0.162. The average molecular weight is 319 g/mol. The van der Waals surface area contributed by atoms with Crippen LogP contribution in [0.4, 0.5) is 0 Å². The van der Waals surface area contributed by atoms with Crippen LogP contribution in [0, 0.1) is 0 Å². The van der Waals surface area contributed by atoms with Crippen LogP contribution in [0.15, 0.2) is 12.4 Å². The Hall–Kier alpha value is -2.19. The first kappa shape index (κ1) is 15.7. The maximum Gasteiger partial charge on any atom is 0.356 e. The van der Waals surface area contributed by atoms with Crippen molar-refractivity contribution in [2.45, 2.75) is 26.1 Å². The van der Waals surface area contributed by atoms with Gasteiger partial charge in [0.05, 0.1) is 13.2 Å². The van der Waals surface area contributed by atoms with Gasteiger partial charge in [-0.2, -0.15) is 5.10 Å². The predicted molar refractivity (Wildman–Crippen MR) is 82.1 cm³/mol. The van der Waals surface area contributed by atoms with E-state index in [-0.39, 0.29) is 5.69 Å². The number of nitrogens with zero attached hydrogens (tertiary/aromatic N) is 5. The maximum absolute atomic E-state index is 11.4. The number of aryl methyl sites for hydroxylation is 1. The van der Waals surface area contributed by atoms with Gasteiger partial charge in [-0.25, -0.2) is 9.78 Å². The fraction of sp³-hybridized carbons (Fsp3) is 0.533. The van der Waals surface area contributed by atoms with Crippen LogP contribution < -0.4 is 0 Å². The molecule has 124 valence electrons. The van der Waals surface area contributed by atoms with Crippen molar-refractivity contribution in [1.29, 1.82) is 0 Å². The summed E-state index contributed by atoms with van der Waals surface area (Å²) < 4.78 is 8.87. The van der Waals surface area contributed by atoms with Crippen molar-refractivity contribution < 1.29 is 14.6 Å². The zero-order valence-electron chi connectivity index (χ0n) is 13.4. The van der Waals surface area contributed by atoms with Crippen molar-refractivity contribution >= 4 is 5.97 Å².